The molecule has 8 heteroatoms. The lowest BCUT2D eigenvalue weighted by Crippen LogP contribution is -2.16. The fourth-order valence-electron chi connectivity index (χ4n) is 3.63. The van der Waals surface area contributed by atoms with Crippen molar-refractivity contribution in [3.05, 3.63) is 107 Å². The first kappa shape index (κ1) is 21.0. The van der Waals surface area contributed by atoms with Crippen LogP contribution in [-0.2, 0) is 0 Å². The number of nitrogens with one attached hydrogen (secondary N) is 1. The largest absolute Gasteiger partial charge is 0.290 e. The first-order chi connectivity index (χ1) is 16.5. The minimum absolute atomic E-state index is 0.0608. The number of hydrogen-bond donors (Lipinski definition) is 1. The van der Waals surface area contributed by atoms with Gasteiger partial charge in [-0.25, -0.2) is 4.98 Å². The summed E-state index contributed by atoms with van der Waals surface area (Å²) in [6, 6.07) is 18.9. The molecule has 2 aromatic carbocycles. The summed E-state index contributed by atoms with van der Waals surface area (Å²) in [6.07, 6.45) is 3.19. The van der Waals surface area contributed by atoms with Gasteiger partial charge in [-0.05, 0) is 48.9 Å². The zero-order valence-corrected chi connectivity index (χ0v) is 18.0. The Morgan fingerprint density at radius 2 is 1.62 bits per heavy atom. The molecule has 1 aliphatic carbocycles. The van der Waals surface area contributed by atoms with Gasteiger partial charge in [-0.1, -0.05) is 36.4 Å². The molecule has 1 aliphatic rings. The van der Waals surface area contributed by atoms with Crippen molar-refractivity contribution in [1.82, 2.24) is 19.9 Å². The van der Waals surface area contributed by atoms with Crippen LogP contribution >= 0.6 is 0 Å². The van der Waals surface area contributed by atoms with E-state index in [1.165, 1.54) is 18.2 Å². The summed E-state index contributed by atoms with van der Waals surface area (Å²) < 4.78 is 0. The van der Waals surface area contributed by atoms with E-state index in [2.05, 4.69) is 25.3 Å². The van der Waals surface area contributed by atoms with Crippen LogP contribution in [0.1, 0.15) is 42.5 Å². The van der Waals surface area contributed by atoms with Gasteiger partial charge in [0.2, 0.25) is 5.95 Å². The van der Waals surface area contributed by atoms with Crippen LogP contribution in [-0.4, -0.2) is 37.4 Å². The van der Waals surface area contributed by atoms with Crippen LogP contribution in [0.25, 0.3) is 17.6 Å². The molecule has 5 rings (SSSR count). The normalized spacial score (nSPS) is 13.7. The topological polar surface area (TPSA) is 115 Å². The van der Waals surface area contributed by atoms with Crippen molar-refractivity contribution in [2.75, 3.05) is 5.32 Å². The van der Waals surface area contributed by atoms with E-state index in [0.717, 1.165) is 5.56 Å². The second kappa shape index (κ2) is 8.59. The standard InChI is InChI=1S/C26H17N5O3/c1-15-28-24(21-9-5-6-12-27-21)30-26(29-15)31-25(34)17-10-11-18-19(14-17)23(33)20(22(18)32)13-16-7-3-2-4-8-16/h2-14H,1H3,(H,28,29,30,31,34). The fourth-order valence-corrected chi connectivity index (χ4v) is 3.63. The Labute approximate surface area is 194 Å². The van der Waals surface area contributed by atoms with Gasteiger partial charge in [0.1, 0.15) is 11.5 Å². The summed E-state index contributed by atoms with van der Waals surface area (Å²) in [5, 5.41) is 2.64. The Morgan fingerprint density at radius 1 is 0.853 bits per heavy atom. The number of carbonyl (C=O) groups is 3. The average Bonchev–Trinajstić information content (AvgIpc) is 3.09. The van der Waals surface area contributed by atoms with E-state index < -0.39 is 11.7 Å². The van der Waals surface area contributed by atoms with Crippen molar-refractivity contribution >= 4 is 29.5 Å². The van der Waals surface area contributed by atoms with Crippen molar-refractivity contribution in [3.63, 3.8) is 0 Å². The minimum Gasteiger partial charge on any atom is -0.290 e. The molecule has 0 saturated carbocycles. The third-order valence-electron chi connectivity index (χ3n) is 5.24. The Hall–Kier alpha value is -4.85. The van der Waals surface area contributed by atoms with Crippen molar-refractivity contribution in [2.45, 2.75) is 6.92 Å². The average molecular weight is 447 g/mol. The van der Waals surface area contributed by atoms with Crippen LogP contribution in [0.2, 0.25) is 0 Å². The van der Waals surface area contributed by atoms with E-state index >= 15 is 0 Å². The Kier molecular flexibility index (Phi) is 5.31. The molecular weight excluding hydrogens is 430 g/mol. The molecule has 0 radical (unpaired) electrons. The van der Waals surface area contributed by atoms with Gasteiger partial charge in [0.05, 0.1) is 5.57 Å². The molecule has 0 unspecified atom stereocenters. The molecule has 0 spiro atoms. The number of allylic oxidation sites excluding steroid dienone is 1. The maximum atomic E-state index is 12.9. The van der Waals surface area contributed by atoms with E-state index in [0.29, 0.717) is 17.3 Å². The van der Waals surface area contributed by atoms with Gasteiger partial charge in [0.25, 0.3) is 5.91 Å². The summed E-state index contributed by atoms with van der Waals surface area (Å²) >= 11 is 0. The molecule has 4 aromatic rings. The zero-order valence-electron chi connectivity index (χ0n) is 18.0. The van der Waals surface area contributed by atoms with Crippen molar-refractivity contribution < 1.29 is 14.4 Å². The maximum absolute atomic E-state index is 12.9. The number of anilines is 1. The van der Waals surface area contributed by atoms with Gasteiger partial charge in [-0.3, -0.25) is 24.7 Å². The summed E-state index contributed by atoms with van der Waals surface area (Å²) in [4.78, 5) is 55.5. The number of Topliss-reactive ketones (excluding diaryl/α,β-unsaturated/α-hetero) is 2. The van der Waals surface area contributed by atoms with Gasteiger partial charge in [-0.15, -0.1) is 0 Å². The first-order valence-corrected chi connectivity index (χ1v) is 10.5. The van der Waals surface area contributed by atoms with Crippen LogP contribution in [0.4, 0.5) is 5.95 Å². The first-order valence-electron chi connectivity index (χ1n) is 10.5. The molecule has 0 saturated heterocycles. The van der Waals surface area contributed by atoms with E-state index in [1.54, 1.807) is 31.3 Å². The predicted molar refractivity (Wildman–Crippen MR) is 125 cm³/mol. The Balaban J connectivity index is 1.42. The van der Waals surface area contributed by atoms with Gasteiger partial charge in [-0.2, -0.15) is 9.97 Å². The lowest BCUT2D eigenvalue weighted by Gasteiger charge is -2.07. The highest BCUT2D eigenvalue weighted by Gasteiger charge is 2.33. The number of aryl methyl sites for hydroxylation is 1. The van der Waals surface area contributed by atoms with Crippen LogP contribution < -0.4 is 5.32 Å². The number of benzene rings is 2. The van der Waals surface area contributed by atoms with Gasteiger partial charge in [0.15, 0.2) is 17.4 Å². The van der Waals surface area contributed by atoms with Crippen LogP contribution in [0.3, 0.4) is 0 Å². The number of hydrogen-bond acceptors (Lipinski definition) is 7. The third-order valence-corrected chi connectivity index (χ3v) is 5.24. The third kappa shape index (κ3) is 4.00. The number of amides is 1. The fraction of sp³-hybridized carbons (Fsp3) is 0.0385. The quantitative estimate of drug-likeness (QED) is 0.372. The summed E-state index contributed by atoms with van der Waals surface area (Å²) in [5.41, 5.74) is 2.05. The molecule has 34 heavy (non-hydrogen) atoms. The molecule has 0 fully saturated rings. The smallest absolute Gasteiger partial charge is 0.258 e. The zero-order chi connectivity index (χ0) is 23.7. The summed E-state index contributed by atoms with van der Waals surface area (Å²) in [5.74, 6) is -0.479. The molecule has 2 aromatic heterocycles. The van der Waals surface area contributed by atoms with Crippen molar-refractivity contribution in [1.29, 1.82) is 0 Å². The highest BCUT2D eigenvalue weighted by Crippen LogP contribution is 2.29. The molecular formula is C26H17N5O3. The number of aromatic nitrogens is 4. The van der Waals surface area contributed by atoms with Crippen LogP contribution in [0.5, 0.6) is 0 Å². The molecule has 164 valence electrons. The Bertz CT molecular complexity index is 1480. The SMILES string of the molecule is Cc1nc(NC(=O)c2ccc3c(c2)C(=O)C(=Cc2ccccc2)C3=O)nc(-c2ccccn2)n1. The second-order valence-corrected chi connectivity index (χ2v) is 7.59. The minimum atomic E-state index is -0.513. The van der Waals surface area contributed by atoms with Crippen LogP contribution in [0.15, 0.2) is 78.5 Å². The maximum Gasteiger partial charge on any atom is 0.258 e. The van der Waals surface area contributed by atoms with E-state index in [1.807, 2.05) is 36.4 Å². The number of carbonyl (C=O) groups excluding carboxylic acids is 3. The molecule has 0 bridgehead atoms. The summed E-state index contributed by atoms with van der Waals surface area (Å²) in [7, 11) is 0. The molecule has 8 nitrogen and oxygen atoms in total. The molecule has 0 atom stereocenters. The highest BCUT2D eigenvalue weighted by atomic mass is 16.2. The highest BCUT2D eigenvalue weighted by molar-refractivity contribution is 6.41. The number of ketones is 2. The lowest BCUT2D eigenvalue weighted by molar-refractivity contribution is 0.0988. The van der Waals surface area contributed by atoms with Crippen molar-refractivity contribution in [2.24, 2.45) is 0 Å². The van der Waals surface area contributed by atoms with E-state index in [-0.39, 0.29) is 34.0 Å². The number of pyridine rings is 1. The van der Waals surface area contributed by atoms with Gasteiger partial charge in [0, 0.05) is 22.9 Å². The predicted octanol–water partition coefficient (Wildman–Crippen LogP) is 3.96. The summed E-state index contributed by atoms with van der Waals surface area (Å²) in [6.45, 7) is 1.68. The molecule has 1 N–H and O–H groups in total. The second-order valence-electron chi connectivity index (χ2n) is 7.59. The van der Waals surface area contributed by atoms with Crippen molar-refractivity contribution in [3.8, 4) is 11.5 Å². The number of fused-ring (bicyclic) bond motifs is 1. The van der Waals surface area contributed by atoms with Crippen LogP contribution in [0, 0.1) is 6.92 Å². The molecule has 0 aliphatic heterocycles. The number of rotatable bonds is 4. The van der Waals surface area contributed by atoms with Gasteiger partial charge >= 0.3 is 0 Å². The Morgan fingerprint density at radius 3 is 2.38 bits per heavy atom. The molecule has 1 amide bonds. The monoisotopic (exact) mass is 447 g/mol. The van der Waals surface area contributed by atoms with Gasteiger partial charge < -0.3 is 0 Å². The lowest BCUT2D eigenvalue weighted by atomic mass is 10.1. The molecule has 2 heterocycles. The van der Waals surface area contributed by atoms with E-state index in [4.69, 9.17) is 0 Å². The van der Waals surface area contributed by atoms with E-state index in [9.17, 15) is 14.4 Å². The number of nitrogens with zero attached hydrogens (tertiary/aromatic N) is 4.